The van der Waals surface area contributed by atoms with Crippen LogP contribution in [-0.4, -0.2) is 32.1 Å². The number of hydrogen-bond donors (Lipinski definition) is 5. The van der Waals surface area contributed by atoms with E-state index in [1.165, 1.54) is 0 Å². The van der Waals surface area contributed by atoms with Gasteiger partial charge >= 0.3 is 11.3 Å². The number of aliphatic hydroxyl groups excluding tert-OH is 1. The first kappa shape index (κ1) is 16.4. The molecule has 0 fully saturated rings. The van der Waals surface area contributed by atoms with Gasteiger partial charge in [0.05, 0.1) is 10.8 Å². The van der Waals surface area contributed by atoms with Crippen LogP contribution in [0.1, 0.15) is 6.92 Å². The first-order valence-corrected chi connectivity index (χ1v) is 7.05. The second kappa shape index (κ2) is 5.56. The van der Waals surface area contributed by atoms with Crippen molar-refractivity contribution in [2.75, 3.05) is 6.61 Å². The van der Waals surface area contributed by atoms with Gasteiger partial charge in [-0.25, -0.2) is 9.59 Å². The van der Waals surface area contributed by atoms with E-state index in [4.69, 9.17) is 13.9 Å². The van der Waals surface area contributed by atoms with Gasteiger partial charge in [0.1, 0.15) is 0 Å². The molecule has 9 nitrogen and oxygen atoms in total. The van der Waals surface area contributed by atoms with Gasteiger partial charge in [-0.2, -0.15) is 0 Å². The fraction of sp³-hybridized carbons (Fsp3) is 0.125. The fourth-order valence-electron chi connectivity index (χ4n) is 2.58. The van der Waals surface area contributed by atoms with Crippen LogP contribution in [0.2, 0.25) is 0 Å². The average Bonchev–Trinajstić information content (AvgIpc) is 2.56. The Labute approximate surface area is 137 Å². The molecule has 0 aliphatic heterocycles. The van der Waals surface area contributed by atoms with Crippen molar-refractivity contribution in [3.05, 3.63) is 33.0 Å². The molecule has 2 aromatic carbocycles. The highest BCUT2D eigenvalue weighted by Gasteiger charge is 2.24. The maximum atomic E-state index is 12.0. The van der Waals surface area contributed by atoms with Gasteiger partial charge in [0.15, 0.2) is 22.7 Å². The molecule has 0 unspecified atom stereocenters. The van der Waals surface area contributed by atoms with Crippen LogP contribution in [0.5, 0.6) is 23.0 Å². The first-order valence-electron chi connectivity index (χ1n) is 7.05. The second-order valence-corrected chi connectivity index (χ2v) is 5.09. The monoisotopic (exact) mass is 348 g/mol. The van der Waals surface area contributed by atoms with Gasteiger partial charge in [0, 0.05) is 17.4 Å². The zero-order chi connectivity index (χ0) is 18.5. The zero-order valence-corrected chi connectivity index (χ0v) is 12.7. The Kier molecular flexibility index (Phi) is 3.65. The largest absolute Gasteiger partial charge is 0.504 e. The van der Waals surface area contributed by atoms with E-state index in [0.717, 1.165) is 12.1 Å². The molecule has 9 heteroatoms. The summed E-state index contributed by atoms with van der Waals surface area (Å²) in [7, 11) is 0. The lowest BCUT2D eigenvalue weighted by molar-refractivity contribution is 0.318. The third-order valence-electron chi connectivity index (χ3n) is 3.55. The third kappa shape index (κ3) is 2.21. The summed E-state index contributed by atoms with van der Waals surface area (Å²) in [5.41, 5.74) is -2.70. The first-order chi connectivity index (χ1) is 11.8. The van der Waals surface area contributed by atoms with E-state index in [2.05, 4.69) is 0 Å². The summed E-state index contributed by atoms with van der Waals surface area (Å²) in [4.78, 5) is 24.0. The van der Waals surface area contributed by atoms with Crippen molar-refractivity contribution in [3.8, 4) is 23.0 Å². The Balaban J connectivity index is 0.000000569. The Bertz CT molecular complexity index is 1120. The van der Waals surface area contributed by atoms with Crippen LogP contribution in [0, 0.1) is 0 Å². The van der Waals surface area contributed by atoms with Gasteiger partial charge in [0.25, 0.3) is 0 Å². The Morgan fingerprint density at radius 3 is 1.44 bits per heavy atom. The van der Waals surface area contributed by atoms with E-state index in [1.807, 2.05) is 0 Å². The van der Waals surface area contributed by atoms with Gasteiger partial charge in [-0.15, -0.1) is 0 Å². The number of phenols is 4. The van der Waals surface area contributed by atoms with E-state index in [-0.39, 0.29) is 28.2 Å². The molecule has 0 saturated heterocycles. The highest BCUT2D eigenvalue weighted by molar-refractivity contribution is 6.22. The van der Waals surface area contributed by atoms with Gasteiger partial charge in [-0.05, 0) is 19.1 Å². The zero-order valence-electron chi connectivity index (χ0n) is 12.7. The predicted molar refractivity (Wildman–Crippen MR) is 86.6 cm³/mol. The maximum Gasteiger partial charge on any atom is 0.344 e. The number of benzene rings is 2. The molecule has 2 aromatic heterocycles. The molecule has 4 rings (SSSR count). The lowest BCUT2D eigenvalue weighted by Crippen LogP contribution is -2.06. The molecule has 4 aromatic rings. The van der Waals surface area contributed by atoms with Gasteiger partial charge in [-0.1, -0.05) is 0 Å². The molecule has 2 heterocycles. The minimum absolute atomic E-state index is 0.00597. The topological polar surface area (TPSA) is 162 Å². The second-order valence-electron chi connectivity index (χ2n) is 5.09. The standard InChI is InChI=1S/C14H6O8.C2H6O/c15-5-1-3-7-8-4(14(20)22-11(7)9(5)17)2-6(16)10(18)12(8)21-13(3)19;1-2-3/h1-2,15-18H;3H,2H2,1H3. The normalized spacial score (nSPS) is 11.1. The molecule has 0 aliphatic rings. The molecule has 0 aliphatic carbocycles. The SMILES string of the molecule is CCO.O=c1oc2c(O)c(O)cc3c(=O)oc4c(O)c(O)cc1c4c23. The molecule has 0 saturated carbocycles. The maximum absolute atomic E-state index is 12.0. The van der Waals surface area contributed by atoms with E-state index >= 15 is 0 Å². The van der Waals surface area contributed by atoms with Crippen molar-refractivity contribution in [1.82, 2.24) is 0 Å². The van der Waals surface area contributed by atoms with E-state index in [1.54, 1.807) is 6.92 Å². The summed E-state index contributed by atoms with van der Waals surface area (Å²) in [5.74, 6) is -2.75. The van der Waals surface area contributed by atoms with Crippen molar-refractivity contribution >= 4 is 32.7 Å². The van der Waals surface area contributed by atoms with Crippen molar-refractivity contribution in [2.45, 2.75) is 6.92 Å². The van der Waals surface area contributed by atoms with Gasteiger partial charge < -0.3 is 34.4 Å². The number of phenolic OH excluding ortho intramolecular Hbond substituents is 4. The summed E-state index contributed by atoms with van der Waals surface area (Å²) >= 11 is 0. The Morgan fingerprint density at radius 2 is 1.12 bits per heavy atom. The van der Waals surface area contributed by atoms with Gasteiger partial charge in [0.2, 0.25) is 11.5 Å². The molecular formula is C16H12O9. The Hall–Kier alpha value is -3.46. The minimum atomic E-state index is -0.941. The summed E-state index contributed by atoms with van der Waals surface area (Å²) in [6.07, 6.45) is 0. The molecular weight excluding hydrogens is 336 g/mol. The summed E-state index contributed by atoms with van der Waals surface area (Å²) < 4.78 is 9.87. The Morgan fingerprint density at radius 1 is 0.800 bits per heavy atom. The quantitative estimate of drug-likeness (QED) is 0.179. The van der Waals surface area contributed by atoms with E-state index in [9.17, 15) is 30.0 Å². The van der Waals surface area contributed by atoms with Crippen LogP contribution < -0.4 is 11.3 Å². The number of aliphatic hydroxyl groups is 1. The molecule has 0 bridgehead atoms. The molecule has 5 N–H and O–H groups in total. The van der Waals surface area contributed by atoms with E-state index in [0.29, 0.717) is 0 Å². The fourth-order valence-corrected chi connectivity index (χ4v) is 2.58. The molecule has 0 radical (unpaired) electrons. The lowest BCUT2D eigenvalue weighted by Gasteiger charge is -2.10. The van der Waals surface area contributed by atoms with Crippen LogP contribution in [-0.2, 0) is 0 Å². The summed E-state index contributed by atoms with van der Waals surface area (Å²) in [6, 6.07) is 1.93. The number of aromatic hydroxyl groups is 4. The predicted octanol–water partition coefficient (Wildman–Crippen LogP) is 1.31. The lowest BCUT2D eigenvalue weighted by atomic mass is 10.0. The molecule has 0 atom stereocenters. The minimum Gasteiger partial charge on any atom is -0.504 e. The van der Waals surface area contributed by atoms with Crippen LogP contribution in [0.3, 0.4) is 0 Å². The number of hydrogen-bond acceptors (Lipinski definition) is 9. The molecule has 0 amide bonds. The smallest absolute Gasteiger partial charge is 0.344 e. The number of rotatable bonds is 0. The molecule has 130 valence electrons. The van der Waals surface area contributed by atoms with E-state index < -0.39 is 45.4 Å². The van der Waals surface area contributed by atoms with Crippen LogP contribution >= 0.6 is 0 Å². The highest BCUT2D eigenvalue weighted by Crippen LogP contribution is 2.44. The van der Waals surface area contributed by atoms with Crippen LogP contribution in [0.15, 0.2) is 30.6 Å². The average molecular weight is 348 g/mol. The highest BCUT2D eigenvalue weighted by atomic mass is 16.4. The third-order valence-corrected chi connectivity index (χ3v) is 3.55. The van der Waals surface area contributed by atoms with Crippen molar-refractivity contribution < 1.29 is 34.4 Å². The van der Waals surface area contributed by atoms with Gasteiger partial charge in [-0.3, -0.25) is 0 Å². The van der Waals surface area contributed by atoms with Crippen LogP contribution in [0.4, 0.5) is 0 Å². The summed E-state index contributed by atoms with van der Waals surface area (Å²) in [5, 5.41) is 46.2. The summed E-state index contributed by atoms with van der Waals surface area (Å²) in [6.45, 7) is 1.93. The van der Waals surface area contributed by atoms with Crippen molar-refractivity contribution in [2.24, 2.45) is 0 Å². The van der Waals surface area contributed by atoms with Crippen molar-refractivity contribution in [3.63, 3.8) is 0 Å². The molecule has 0 spiro atoms. The molecule has 25 heavy (non-hydrogen) atoms. The van der Waals surface area contributed by atoms with Crippen LogP contribution in [0.25, 0.3) is 32.7 Å². The van der Waals surface area contributed by atoms with Crippen molar-refractivity contribution in [1.29, 1.82) is 0 Å².